The molecule has 2 heterocycles. The smallest absolute Gasteiger partial charge is 0.271 e. The molecule has 0 radical (unpaired) electrons. The van der Waals surface area contributed by atoms with E-state index in [0.717, 1.165) is 34.6 Å². The number of carbonyl (C=O) groups is 2. The van der Waals surface area contributed by atoms with Crippen LogP contribution in [0.5, 0.6) is 5.75 Å². The quantitative estimate of drug-likeness (QED) is 0.111. The van der Waals surface area contributed by atoms with Crippen LogP contribution in [0, 0.1) is 11.3 Å². The number of imide groups is 1. The van der Waals surface area contributed by atoms with Crippen LogP contribution in [0.2, 0.25) is 5.02 Å². The molecule has 1 aliphatic heterocycles. The second kappa shape index (κ2) is 13.4. The lowest BCUT2D eigenvalue weighted by Crippen LogP contribution is -2.43. The first-order valence-corrected chi connectivity index (χ1v) is 14.6. The summed E-state index contributed by atoms with van der Waals surface area (Å²) in [5, 5.41) is 15.2. The fourth-order valence-corrected chi connectivity index (χ4v) is 5.13. The lowest BCUT2D eigenvalue weighted by atomic mass is 9.93. The normalized spacial score (nSPS) is 14.4. The molecule has 5 rings (SSSR count). The second-order valence-corrected chi connectivity index (χ2v) is 10.6. The second-order valence-electron chi connectivity index (χ2n) is 10.2. The van der Waals surface area contributed by atoms with Crippen molar-refractivity contribution in [2.45, 2.75) is 33.1 Å². The highest BCUT2D eigenvalue weighted by molar-refractivity contribution is 6.32. The predicted molar refractivity (Wildman–Crippen MR) is 168 cm³/mol. The number of rotatable bonds is 10. The van der Waals surface area contributed by atoms with Gasteiger partial charge in [-0.05, 0) is 67.3 Å². The maximum atomic E-state index is 13.8. The van der Waals surface area contributed by atoms with E-state index in [2.05, 4.69) is 6.92 Å². The summed E-state index contributed by atoms with van der Waals surface area (Å²) in [6.45, 7) is 4.46. The van der Waals surface area contributed by atoms with Gasteiger partial charge in [-0.15, -0.1) is 0 Å². The van der Waals surface area contributed by atoms with Gasteiger partial charge in [0.05, 0.1) is 17.3 Å². The highest BCUT2D eigenvalue weighted by Crippen LogP contribution is 2.34. The topological polar surface area (TPSA) is 88.2 Å². The van der Waals surface area contributed by atoms with Crippen molar-refractivity contribution in [2.24, 2.45) is 0 Å². The van der Waals surface area contributed by atoms with Gasteiger partial charge in [-0.1, -0.05) is 73.5 Å². The maximum Gasteiger partial charge on any atom is 0.271 e. The van der Waals surface area contributed by atoms with Crippen LogP contribution in [0.1, 0.15) is 37.8 Å². The lowest BCUT2D eigenvalue weighted by Gasteiger charge is -2.27. The number of amides is 2. The molecule has 0 saturated heterocycles. The Bertz CT molecular complexity index is 1750. The van der Waals surface area contributed by atoms with Gasteiger partial charge in [-0.3, -0.25) is 14.5 Å². The number of halogens is 1. The fraction of sp³-hybridized carbons (Fsp3) is 0.200. The first kappa shape index (κ1) is 29.6. The van der Waals surface area contributed by atoms with Crippen molar-refractivity contribution in [1.82, 2.24) is 14.7 Å². The average molecular weight is 591 g/mol. The Kier molecular flexibility index (Phi) is 9.19. The van der Waals surface area contributed by atoms with E-state index >= 15 is 0 Å². The number of hydrogen-bond acceptors (Lipinski definition) is 5. The van der Waals surface area contributed by atoms with Gasteiger partial charge in [-0.2, -0.15) is 10.4 Å². The van der Waals surface area contributed by atoms with Gasteiger partial charge in [-0.25, -0.2) is 4.68 Å². The zero-order valence-electron chi connectivity index (χ0n) is 24.1. The lowest BCUT2D eigenvalue weighted by molar-refractivity contribution is -0.140. The molecule has 0 spiro atoms. The monoisotopic (exact) mass is 590 g/mol. The predicted octanol–water partition coefficient (Wildman–Crippen LogP) is 7.21. The number of para-hydroxylation sites is 1. The highest BCUT2D eigenvalue weighted by atomic mass is 35.5. The van der Waals surface area contributed by atoms with Crippen molar-refractivity contribution in [3.63, 3.8) is 0 Å². The first-order chi connectivity index (χ1) is 20.9. The SMILES string of the molecule is CCCCOc1ccc(-c2nn(-c3ccccc3)cc2/C=C2/C(=O)N(CCc3ccccc3)C(=O)C(C#N)=C2C)cc1Cl. The number of nitrogens with zero attached hydrogens (tertiary/aromatic N) is 4. The molecule has 0 N–H and O–H groups in total. The Morgan fingerprint density at radius 1 is 1.00 bits per heavy atom. The Hall–Kier alpha value is -4.93. The van der Waals surface area contributed by atoms with E-state index in [0.29, 0.717) is 40.6 Å². The highest BCUT2D eigenvalue weighted by Gasteiger charge is 2.35. The Balaban J connectivity index is 1.57. The van der Waals surface area contributed by atoms with Crippen LogP contribution < -0.4 is 4.74 Å². The summed E-state index contributed by atoms with van der Waals surface area (Å²) in [6, 6.07) is 26.8. The molecule has 0 atom stereocenters. The maximum absolute atomic E-state index is 13.8. The molecule has 0 bridgehead atoms. The van der Waals surface area contributed by atoms with E-state index in [9.17, 15) is 14.9 Å². The van der Waals surface area contributed by atoms with Crippen molar-refractivity contribution in [3.8, 4) is 28.8 Å². The van der Waals surface area contributed by atoms with Crippen LogP contribution >= 0.6 is 11.6 Å². The number of ether oxygens (including phenoxy) is 1. The molecule has 43 heavy (non-hydrogen) atoms. The standard InChI is InChI=1S/C35H31ClN4O3/c1-3-4-19-43-32-16-15-26(21-31(32)36)33-27(23-40(38-33)28-13-9-6-10-14-28)20-29-24(2)30(22-37)35(42)39(34(29)41)18-17-25-11-7-5-8-12-25/h5-16,20-21,23H,3-4,17-19H2,1-2H3/b29-20+. The molecule has 0 aliphatic carbocycles. The third-order valence-electron chi connectivity index (χ3n) is 7.32. The molecule has 0 unspecified atom stereocenters. The molecule has 0 saturated carbocycles. The molecule has 2 amide bonds. The minimum atomic E-state index is -0.580. The molecular formula is C35H31ClN4O3. The largest absolute Gasteiger partial charge is 0.492 e. The molecule has 1 aromatic heterocycles. The van der Waals surface area contributed by atoms with Gasteiger partial charge in [0, 0.05) is 29.4 Å². The van der Waals surface area contributed by atoms with Gasteiger partial charge in [0.25, 0.3) is 11.8 Å². The Morgan fingerprint density at radius 2 is 1.72 bits per heavy atom. The summed E-state index contributed by atoms with van der Waals surface area (Å²) >= 11 is 6.61. The first-order valence-electron chi connectivity index (χ1n) is 14.2. The molecule has 3 aromatic carbocycles. The number of hydrogen-bond donors (Lipinski definition) is 0. The molecule has 0 fully saturated rings. The van der Waals surface area contributed by atoms with Crippen LogP contribution in [0.25, 0.3) is 23.0 Å². The van der Waals surface area contributed by atoms with Crippen LogP contribution in [0.4, 0.5) is 0 Å². The average Bonchev–Trinajstić information content (AvgIpc) is 3.45. The molecule has 8 heteroatoms. The van der Waals surface area contributed by atoms with E-state index in [1.165, 1.54) is 0 Å². The summed E-state index contributed by atoms with van der Waals surface area (Å²) in [5.74, 6) is -0.439. The molecule has 4 aromatic rings. The Labute approximate surface area is 256 Å². The summed E-state index contributed by atoms with van der Waals surface area (Å²) in [4.78, 5) is 28.2. The zero-order valence-corrected chi connectivity index (χ0v) is 24.8. The van der Waals surface area contributed by atoms with Gasteiger partial charge in [0.1, 0.15) is 23.1 Å². The van der Waals surface area contributed by atoms with Gasteiger partial charge >= 0.3 is 0 Å². The number of carbonyl (C=O) groups excluding carboxylic acids is 2. The fourth-order valence-electron chi connectivity index (χ4n) is 4.90. The van der Waals surface area contributed by atoms with Crippen molar-refractivity contribution in [3.05, 3.63) is 118 Å². The zero-order chi connectivity index (χ0) is 30.3. The molecule has 1 aliphatic rings. The third-order valence-corrected chi connectivity index (χ3v) is 7.61. The van der Waals surface area contributed by atoms with Gasteiger partial charge in [0.2, 0.25) is 0 Å². The van der Waals surface area contributed by atoms with E-state index in [-0.39, 0.29) is 17.7 Å². The molecular weight excluding hydrogens is 560 g/mol. The number of unbranched alkanes of at least 4 members (excludes halogenated alkanes) is 1. The van der Waals surface area contributed by atoms with Crippen molar-refractivity contribution in [2.75, 3.05) is 13.2 Å². The number of benzene rings is 3. The van der Waals surface area contributed by atoms with E-state index in [1.807, 2.05) is 85.1 Å². The van der Waals surface area contributed by atoms with Gasteiger partial charge < -0.3 is 4.74 Å². The van der Waals surface area contributed by atoms with E-state index in [4.69, 9.17) is 21.4 Å². The van der Waals surface area contributed by atoms with Crippen LogP contribution in [0.15, 0.2) is 102 Å². The van der Waals surface area contributed by atoms with Crippen LogP contribution in [-0.2, 0) is 16.0 Å². The third kappa shape index (κ3) is 6.45. The van der Waals surface area contributed by atoms with Gasteiger partial charge in [0.15, 0.2) is 0 Å². The molecule has 216 valence electrons. The summed E-state index contributed by atoms with van der Waals surface area (Å²) in [5.41, 5.74) is 4.34. The van der Waals surface area contributed by atoms with Crippen molar-refractivity contribution >= 4 is 29.5 Å². The number of aromatic nitrogens is 2. The minimum Gasteiger partial charge on any atom is -0.492 e. The van der Waals surface area contributed by atoms with E-state index < -0.39 is 11.8 Å². The van der Waals surface area contributed by atoms with Crippen molar-refractivity contribution < 1.29 is 14.3 Å². The Morgan fingerprint density at radius 3 is 2.40 bits per heavy atom. The van der Waals surface area contributed by atoms with E-state index in [1.54, 1.807) is 23.7 Å². The molecule has 7 nitrogen and oxygen atoms in total. The summed E-state index contributed by atoms with van der Waals surface area (Å²) in [6.07, 6.45) is 5.95. The van der Waals surface area contributed by atoms with Crippen molar-refractivity contribution in [1.29, 1.82) is 5.26 Å². The number of nitriles is 1. The summed E-state index contributed by atoms with van der Waals surface area (Å²) < 4.78 is 7.57. The minimum absolute atomic E-state index is 0.0486. The summed E-state index contributed by atoms with van der Waals surface area (Å²) in [7, 11) is 0. The van der Waals surface area contributed by atoms with Crippen LogP contribution in [0.3, 0.4) is 0 Å². The van der Waals surface area contributed by atoms with Crippen LogP contribution in [-0.4, -0.2) is 39.6 Å².